The Hall–Kier alpha value is -1.60. The van der Waals surface area contributed by atoms with Crippen molar-refractivity contribution in [2.75, 3.05) is 25.6 Å². The van der Waals surface area contributed by atoms with Gasteiger partial charge in [-0.2, -0.15) is 0 Å². The van der Waals surface area contributed by atoms with Crippen LogP contribution in [0.15, 0.2) is 30.3 Å². The number of hydrogen-bond acceptors (Lipinski definition) is 5. The number of anilines is 1. The fraction of sp³-hybridized carbons (Fsp3) is 0.524. The second-order valence-corrected chi connectivity index (χ2v) is 8.07. The molecule has 0 spiro atoms. The summed E-state index contributed by atoms with van der Waals surface area (Å²) in [4.78, 5) is 19.5. The highest BCUT2D eigenvalue weighted by Gasteiger charge is 2.62. The van der Waals surface area contributed by atoms with Crippen molar-refractivity contribution >= 4 is 47.4 Å². The van der Waals surface area contributed by atoms with Crippen molar-refractivity contribution in [3.63, 3.8) is 0 Å². The van der Waals surface area contributed by atoms with Crippen LogP contribution in [0.3, 0.4) is 0 Å². The van der Waals surface area contributed by atoms with Crippen LogP contribution in [0.4, 0.5) is 5.82 Å². The molecule has 1 aromatic heterocycles. The summed E-state index contributed by atoms with van der Waals surface area (Å²) in [5.41, 5.74) is 7.11. The molecule has 3 rings (SSSR count). The number of carbonyl (C=O) groups excluding carboxylic acids is 1. The summed E-state index contributed by atoms with van der Waals surface area (Å²) in [7, 11) is 3.91. The first-order valence-corrected chi connectivity index (χ1v) is 9.45. The molecule has 2 atom stereocenters. The normalized spacial score (nSPS) is 22.1. The summed E-state index contributed by atoms with van der Waals surface area (Å²) >= 11 is 0. The molecule has 1 heterocycles. The van der Waals surface area contributed by atoms with E-state index in [0.717, 1.165) is 22.3 Å². The van der Waals surface area contributed by atoms with Crippen LogP contribution in [0.25, 0.3) is 10.9 Å². The number of nitrogens with two attached hydrogens (primary N) is 1. The van der Waals surface area contributed by atoms with Gasteiger partial charge in [0.15, 0.2) is 0 Å². The minimum atomic E-state index is -0.917. The van der Waals surface area contributed by atoms with Crippen LogP contribution < -0.4 is 16.0 Å². The van der Waals surface area contributed by atoms with Gasteiger partial charge in [0.2, 0.25) is 5.91 Å². The first-order chi connectivity index (χ1) is 12.7. The van der Waals surface area contributed by atoms with Crippen LogP contribution in [-0.2, 0) is 16.1 Å². The zero-order valence-electron chi connectivity index (χ0n) is 17.7. The van der Waals surface area contributed by atoms with Crippen molar-refractivity contribution in [1.82, 2.24) is 10.3 Å². The number of ether oxygens (including phenoxy) is 1. The number of pyridine rings is 1. The lowest BCUT2D eigenvalue weighted by Crippen LogP contribution is -2.75. The third-order valence-electron chi connectivity index (χ3n) is 5.92. The maximum Gasteiger partial charge on any atom is 0.241 e. The SMILES string of the molecule is CCOC1CC(N)(C(=O)NCc2cc(N(C)C)nc3ccccc23)C1(C)C.Cl.Cl. The molecule has 2 aromatic rings. The van der Waals surface area contributed by atoms with Gasteiger partial charge in [0.1, 0.15) is 11.4 Å². The van der Waals surface area contributed by atoms with Crippen molar-refractivity contribution in [1.29, 1.82) is 0 Å². The first kappa shape index (κ1) is 25.4. The molecule has 1 amide bonds. The van der Waals surface area contributed by atoms with E-state index in [1.165, 1.54) is 0 Å². The summed E-state index contributed by atoms with van der Waals surface area (Å²) in [6, 6.07) is 9.98. The van der Waals surface area contributed by atoms with Crippen LogP contribution in [-0.4, -0.2) is 43.2 Å². The lowest BCUT2D eigenvalue weighted by atomic mass is 9.54. The van der Waals surface area contributed by atoms with Crippen LogP contribution in [0.5, 0.6) is 0 Å². The van der Waals surface area contributed by atoms with Gasteiger partial charge >= 0.3 is 0 Å². The van der Waals surface area contributed by atoms with E-state index >= 15 is 0 Å². The van der Waals surface area contributed by atoms with E-state index in [4.69, 9.17) is 10.5 Å². The summed E-state index contributed by atoms with van der Waals surface area (Å²) in [6.07, 6.45) is 0.556. The zero-order valence-corrected chi connectivity index (χ0v) is 19.3. The Labute approximate surface area is 185 Å². The third kappa shape index (κ3) is 4.45. The molecule has 29 heavy (non-hydrogen) atoms. The Kier molecular flexibility index (Phi) is 8.31. The van der Waals surface area contributed by atoms with Gasteiger partial charge in [-0.3, -0.25) is 4.79 Å². The van der Waals surface area contributed by atoms with E-state index < -0.39 is 11.0 Å². The Morgan fingerprint density at radius 1 is 1.31 bits per heavy atom. The average molecular weight is 443 g/mol. The maximum absolute atomic E-state index is 12.9. The van der Waals surface area contributed by atoms with E-state index in [9.17, 15) is 4.79 Å². The highest BCUT2D eigenvalue weighted by molar-refractivity contribution is 5.90. The summed E-state index contributed by atoms with van der Waals surface area (Å²) in [5.74, 6) is 0.733. The van der Waals surface area contributed by atoms with Crippen molar-refractivity contribution < 1.29 is 9.53 Å². The van der Waals surface area contributed by atoms with E-state index in [2.05, 4.69) is 10.3 Å². The molecule has 3 N–H and O–H groups in total. The number of para-hydroxylation sites is 1. The van der Waals surface area contributed by atoms with Gasteiger partial charge in [0.05, 0.1) is 11.6 Å². The van der Waals surface area contributed by atoms with Crippen LogP contribution in [0.1, 0.15) is 32.8 Å². The van der Waals surface area contributed by atoms with Crippen molar-refractivity contribution in [3.05, 3.63) is 35.9 Å². The topological polar surface area (TPSA) is 80.5 Å². The molecule has 1 aliphatic rings. The molecule has 1 aliphatic carbocycles. The van der Waals surface area contributed by atoms with E-state index in [1.807, 2.05) is 70.1 Å². The highest BCUT2D eigenvalue weighted by atomic mass is 35.5. The van der Waals surface area contributed by atoms with Gasteiger partial charge in [-0.1, -0.05) is 32.0 Å². The molecule has 1 aromatic carbocycles. The molecular weight excluding hydrogens is 411 g/mol. The minimum absolute atomic E-state index is 0. The Bertz CT molecular complexity index is 860. The highest BCUT2D eigenvalue weighted by Crippen LogP contribution is 2.49. The Morgan fingerprint density at radius 3 is 2.55 bits per heavy atom. The molecule has 1 fully saturated rings. The number of rotatable bonds is 6. The van der Waals surface area contributed by atoms with Crippen molar-refractivity contribution in [3.8, 4) is 0 Å². The minimum Gasteiger partial charge on any atom is -0.378 e. The number of hydrogen-bond donors (Lipinski definition) is 2. The number of benzene rings is 1. The number of fused-ring (bicyclic) bond motifs is 1. The van der Waals surface area contributed by atoms with E-state index in [1.54, 1.807) is 0 Å². The largest absolute Gasteiger partial charge is 0.378 e. The predicted octanol–water partition coefficient (Wildman–Crippen LogP) is 3.29. The van der Waals surface area contributed by atoms with Gasteiger partial charge in [0, 0.05) is 44.5 Å². The molecule has 0 aliphatic heterocycles. The first-order valence-electron chi connectivity index (χ1n) is 9.45. The second-order valence-electron chi connectivity index (χ2n) is 8.07. The number of aromatic nitrogens is 1. The summed E-state index contributed by atoms with van der Waals surface area (Å²) < 4.78 is 5.73. The number of halogens is 2. The fourth-order valence-electron chi connectivity index (χ4n) is 3.76. The maximum atomic E-state index is 12.9. The standard InChI is InChI=1S/C21H30N4O2.2ClH/c1-6-27-17-12-21(22,20(17,2)3)19(26)23-13-14-11-18(25(4)5)24-16-10-8-7-9-15(14)16;;/h7-11,17H,6,12-13,22H2,1-5H3,(H,23,26);2*1H. The van der Waals surface area contributed by atoms with Gasteiger partial charge < -0.3 is 20.7 Å². The number of carbonyl (C=O) groups is 1. The van der Waals surface area contributed by atoms with Crippen molar-refractivity contribution in [2.24, 2.45) is 11.1 Å². The number of nitrogens with one attached hydrogen (secondary N) is 1. The third-order valence-corrected chi connectivity index (χ3v) is 5.92. The van der Waals surface area contributed by atoms with Gasteiger partial charge in [-0.25, -0.2) is 4.98 Å². The fourth-order valence-corrected chi connectivity index (χ4v) is 3.76. The molecule has 0 saturated heterocycles. The van der Waals surface area contributed by atoms with Crippen LogP contribution in [0, 0.1) is 5.41 Å². The van der Waals surface area contributed by atoms with Gasteiger partial charge in [0.25, 0.3) is 0 Å². The molecule has 2 unspecified atom stereocenters. The molecule has 6 nitrogen and oxygen atoms in total. The van der Waals surface area contributed by atoms with E-state index in [0.29, 0.717) is 19.6 Å². The quantitative estimate of drug-likeness (QED) is 0.716. The monoisotopic (exact) mass is 442 g/mol. The summed E-state index contributed by atoms with van der Waals surface area (Å²) in [6.45, 7) is 7.01. The average Bonchev–Trinajstić information content (AvgIpc) is 2.65. The molecule has 1 saturated carbocycles. The van der Waals surface area contributed by atoms with Crippen LogP contribution in [0.2, 0.25) is 0 Å². The van der Waals surface area contributed by atoms with Crippen molar-refractivity contribution in [2.45, 2.75) is 45.4 Å². The molecule has 8 heteroatoms. The predicted molar refractivity (Wildman–Crippen MR) is 123 cm³/mol. The number of nitrogens with zero attached hydrogens (tertiary/aromatic N) is 2. The molecule has 0 radical (unpaired) electrons. The van der Waals surface area contributed by atoms with Gasteiger partial charge in [-0.05, 0) is 24.6 Å². The molecule has 162 valence electrons. The smallest absolute Gasteiger partial charge is 0.241 e. The lowest BCUT2D eigenvalue weighted by molar-refractivity contribution is -0.170. The summed E-state index contributed by atoms with van der Waals surface area (Å²) in [5, 5.41) is 4.09. The lowest BCUT2D eigenvalue weighted by Gasteiger charge is -2.57. The zero-order chi connectivity index (χ0) is 19.8. The van der Waals surface area contributed by atoms with Gasteiger partial charge in [-0.15, -0.1) is 24.8 Å². The molecule has 0 bridgehead atoms. The Morgan fingerprint density at radius 2 is 1.97 bits per heavy atom. The van der Waals surface area contributed by atoms with Crippen LogP contribution >= 0.6 is 24.8 Å². The number of amides is 1. The van der Waals surface area contributed by atoms with E-state index in [-0.39, 0.29) is 36.8 Å². The molecular formula is C21H32Cl2N4O2. The second kappa shape index (κ2) is 9.47. The Balaban J connectivity index is 0.00000210.